The summed E-state index contributed by atoms with van der Waals surface area (Å²) in [5.41, 5.74) is 0.379. The van der Waals surface area contributed by atoms with E-state index in [0.29, 0.717) is 38.3 Å². The van der Waals surface area contributed by atoms with Gasteiger partial charge in [0.25, 0.3) is 5.91 Å². The van der Waals surface area contributed by atoms with Crippen LogP contribution in [-0.2, 0) is 6.54 Å². The highest BCUT2D eigenvalue weighted by Crippen LogP contribution is 2.24. The number of H-pyrrole nitrogens is 1. The van der Waals surface area contributed by atoms with Crippen LogP contribution >= 0.6 is 0 Å². The highest BCUT2D eigenvalue weighted by atomic mass is 16.5. The van der Waals surface area contributed by atoms with Gasteiger partial charge in [0.2, 0.25) is 0 Å². The first-order valence-corrected chi connectivity index (χ1v) is 9.32. The molecular weight excluding hydrogens is 344 g/mol. The van der Waals surface area contributed by atoms with Crippen molar-refractivity contribution < 1.29 is 14.6 Å². The Labute approximate surface area is 160 Å². The minimum atomic E-state index is -0.792. The molecule has 7 heteroatoms. The smallest absolute Gasteiger partial charge is 0.289 e. The van der Waals surface area contributed by atoms with Crippen LogP contribution in [0.25, 0.3) is 0 Å². The Balaban J connectivity index is 1.55. The summed E-state index contributed by atoms with van der Waals surface area (Å²) in [7, 11) is 3.67. The van der Waals surface area contributed by atoms with E-state index in [4.69, 9.17) is 4.74 Å². The second kappa shape index (κ2) is 8.54. The van der Waals surface area contributed by atoms with Gasteiger partial charge in [-0.05, 0) is 44.0 Å². The number of benzene rings is 1. The summed E-state index contributed by atoms with van der Waals surface area (Å²) in [6, 6.07) is 7.97. The largest absolute Gasteiger partial charge is 0.497 e. The Kier molecular flexibility index (Phi) is 6.13. The normalized spacial score (nSPS) is 20.5. The van der Waals surface area contributed by atoms with Gasteiger partial charge in [0.05, 0.1) is 12.7 Å². The zero-order valence-corrected chi connectivity index (χ0v) is 16.0. The van der Waals surface area contributed by atoms with Crippen molar-refractivity contribution in [3.8, 4) is 5.75 Å². The number of hydrogen-bond donors (Lipinski definition) is 2. The van der Waals surface area contributed by atoms with Gasteiger partial charge in [0.1, 0.15) is 5.75 Å². The SMILES string of the molecule is COc1ccc(CN(C)C[C@@]2(O)CCCN(C(=O)c3ncc[nH]3)CC2)cc1. The summed E-state index contributed by atoms with van der Waals surface area (Å²) < 4.78 is 5.19. The fourth-order valence-corrected chi connectivity index (χ4v) is 3.67. The highest BCUT2D eigenvalue weighted by Gasteiger charge is 2.33. The Morgan fingerprint density at radius 1 is 1.33 bits per heavy atom. The van der Waals surface area contributed by atoms with E-state index in [9.17, 15) is 9.90 Å². The number of nitrogens with one attached hydrogen (secondary N) is 1. The Hall–Kier alpha value is -2.38. The van der Waals surface area contributed by atoms with E-state index in [1.807, 2.05) is 31.3 Å². The van der Waals surface area contributed by atoms with Gasteiger partial charge in [0.15, 0.2) is 5.82 Å². The topological polar surface area (TPSA) is 81.7 Å². The van der Waals surface area contributed by atoms with E-state index in [-0.39, 0.29) is 5.91 Å². The maximum absolute atomic E-state index is 12.5. The van der Waals surface area contributed by atoms with E-state index >= 15 is 0 Å². The molecule has 1 atom stereocenters. The molecule has 2 heterocycles. The number of aromatic amines is 1. The van der Waals surface area contributed by atoms with Gasteiger partial charge in [-0.3, -0.25) is 9.69 Å². The van der Waals surface area contributed by atoms with Crippen molar-refractivity contribution in [2.45, 2.75) is 31.4 Å². The molecule has 0 aliphatic carbocycles. The van der Waals surface area contributed by atoms with Crippen LogP contribution in [0.4, 0.5) is 0 Å². The van der Waals surface area contributed by atoms with Crippen molar-refractivity contribution in [1.29, 1.82) is 0 Å². The number of methoxy groups -OCH3 is 1. The van der Waals surface area contributed by atoms with Crippen LogP contribution < -0.4 is 4.74 Å². The summed E-state index contributed by atoms with van der Waals surface area (Å²) in [4.78, 5) is 23.3. The number of imidazole rings is 1. The first-order valence-electron chi connectivity index (χ1n) is 9.32. The summed E-state index contributed by atoms with van der Waals surface area (Å²) in [5.74, 6) is 1.10. The van der Waals surface area contributed by atoms with Crippen molar-refractivity contribution in [1.82, 2.24) is 19.8 Å². The minimum Gasteiger partial charge on any atom is -0.497 e. The molecule has 1 saturated heterocycles. The Morgan fingerprint density at radius 3 is 2.78 bits per heavy atom. The fourth-order valence-electron chi connectivity index (χ4n) is 3.67. The molecular formula is C20H28N4O3. The molecule has 0 saturated carbocycles. The second-order valence-corrected chi connectivity index (χ2v) is 7.33. The van der Waals surface area contributed by atoms with Gasteiger partial charge < -0.3 is 19.7 Å². The van der Waals surface area contributed by atoms with Gasteiger partial charge >= 0.3 is 0 Å². The number of amides is 1. The van der Waals surface area contributed by atoms with Crippen molar-refractivity contribution in [3.63, 3.8) is 0 Å². The van der Waals surface area contributed by atoms with Gasteiger partial charge in [-0.15, -0.1) is 0 Å². The number of carbonyl (C=O) groups excluding carboxylic acids is 1. The van der Waals surface area contributed by atoms with Crippen LogP contribution in [0.15, 0.2) is 36.7 Å². The highest BCUT2D eigenvalue weighted by molar-refractivity contribution is 5.90. The molecule has 7 nitrogen and oxygen atoms in total. The number of nitrogens with zero attached hydrogens (tertiary/aromatic N) is 3. The summed E-state index contributed by atoms with van der Waals surface area (Å²) >= 11 is 0. The number of hydrogen-bond acceptors (Lipinski definition) is 5. The number of carbonyl (C=O) groups is 1. The van der Waals surface area contributed by atoms with E-state index in [0.717, 1.165) is 18.7 Å². The molecule has 1 aromatic heterocycles. The summed E-state index contributed by atoms with van der Waals surface area (Å²) in [6.07, 6.45) is 5.25. The van der Waals surface area contributed by atoms with E-state index in [1.54, 1.807) is 24.4 Å². The fraction of sp³-hybridized carbons (Fsp3) is 0.500. The van der Waals surface area contributed by atoms with Crippen LogP contribution in [0, 0.1) is 0 Å². The lowest BCUT2D eigenvalue weighted by Gasteiger charge is -2.31. The van der Waals surface area contributed by atoms with E-state index in [1.165, 1.54) is 5.56 Å². The predicted octanol–water partition coefficient (Wildman–Crippen LogP) is 1.91. The van der Waals surface area contributed by atoms with Gasteiger partial charge in [-0.2, -0.15) is 0 Å². The van der Waals surface area contributed by atoms with E-state index in [2.05, 4.69) is 14.9 Å². The molecule has 27 heavy (non-hydrogen) atoms. The molecule has 1 fully saturated rings. The molecule has 146 valence electrons. The van der Waals surface area contributed by atoms with Crippen molar-refractivity contribution in [3.05, 3.63) is 48.0 Å². The van der Waals surface area contributed by atoms with Crippen molar-refractivity contribution >= 4 is 5.91 Å². The van der Waals surface area contributed by atoms with Crippen LogP contribution in [0.1, 0.15) is 35.4 Å². The van der Waals surface area contributed by atoms with Gasteiger partial charge in [-0.1, -0.05) is 12.1 Å². The number of likely N-dealkylation sites (tertiary alicyclic amines) is 1. The number of rotatable bonds is 6. The minimum absolute atomic E-state index is 0.101. The monoisotopic (exact) mass is 372 g/mol. The molecule has 1 aliphatic rings. The summed E-state index contributed by atoms with van der Waals surface area (Å²) in [6.45, 7) is 2.50. The van der Waals surface area contributed by atoms with Gasteiger partial charge in [-0.25, -0.2) is 4.98 Å². The molecule has 1 aliphatic heterocycles. The third-order valence-corrected chi connectivity index (χ3v) is 5.08. The molecule has 2 N–H and O–H groups in total. The Bertz CT molecular complexity index is 732. The predicted molar refractivity (Wildman–Crippen MR) is 103 cm³/mol. The van der Waals surface area contributed by atoms with Crippen LogP contribution in [0.5, 0.6) is 5.75 Å². The van der Waals surface area contributed by atoms with Crippen molar-refractivity contribution in [2.24, 2.45) is 0 Å². The quantitative estimate of drug-likeness (QED) is 0.809. The van der Waals surface area contributed by atoms with Crippen LogP contribution in [0.3, 0.4) is 0 Å². The molecule has 1 amide bonds. The average molecular weight is 372 g/mol. The zero-order valence-electron chi connectivity index (χ0n) is 16.0. The molecule has 0 radical (unpaired) electrons. The lowest BCUT2D eigenvalue weighted by Crippen LogP contribution is -2.42. The number of aromatic nitrogens is 2. The molecule has 1 aromatic carbocycles. The zero-order chi connectivity index (χ0) is 19.3. The lowest BCUT2D eigenvalue weighted by molar-refractivity contribution is -0.00403. The number of ether oxygens (including phenoxy) is 1. The van der Waals surface area contributed by atoms with Crippen LogP contribution in [0.2, 0.25) is 0 Å². The first-order chi connectivity index (χ1) is 13.0. The van der Waals surface area contributed by atoms with Gasteiger partial charge in [0, 0.05) is 38.6 Å². The lowest BCUT2D eigenvalue weighted by atomic mass is 9.94. The first kappa shape index (κ1) is 19.4. The maximum Gasteiger partial charge on any atom is 0.289 e. The Morgan fingerprint density at radius 2 is 2.11 bits per heavy atom. The second-order valence-electron chi connectivity index (χ2n) is 7.33. The summed E-state index contributed by atoms with van der Waals surface area (Å²) in [5, 5.41) is 11.1. The molecule has 2 aromatic rings. The van der Waals surface area contributed by atoms with Crippen molar-refractivity contribution in [2.75, 3.05) is 33.8 Å². The van der Waals surface area contributed by atoms with E-state index < -0.39 is 5.60 Å². The number of aliphatic hydroxyl groups is 1. The maximum atomic E-state index is 12.5. The standard InChI is InChI=1S/C20H28N4O3/c1-23(14-16-4-6-17(27-2)7-5-16)15-20(26)8-3-12-24(13-9-20)19(25)18-21-10-11-22-18/h4-7,10-11,26H,3,8-9,12-15H2,1-2H3,(H,21,22)/t20-/m1/s1. The third-order valence-electron chi connectivity index (χ3n) is 5.08. The van der Waals surface area contributed by atoms with Crippen LogP contribution in [-0.4, -0.2) is 70.2 Å². The molecule has 0 spiro atoms. The average Bonchev–Trinajstić information content (AvgIpc) is 3.12. The molecule has 3 rings (SSSR count). The number of likely N-dealkylation sites (N-methyl/N-ethyl adjacent to an activating group) is 1. The molecule has 0 unspecified atom stereocenters. The third kappa shape index (κ3) is 5.08. The molecule has 0 bridgehead atoms.